The molecule has 1 aliphatic heterocycles. The van der Waals surface area contributed by atoms with Gasteiger partial charge in [0, 0.05) is 11.2 Å². The van der Waals surface area contributed by atoms with Gasteiger partial charge in [-0.25, -0.2) is 10.1 Å². The van der Waals surface area contributed by atoms with Crippen molar-refractivity contribution in [2.45, 2.75) is 76.5 Å². The summed E-state index contributed by atoms with van der Waals surface area (Å²) in [6.45, 7) is 6.74. The Bertz CT molecular complexity index is 1340. The number of esters is 1. The van der Waals surface area contributed by atoms with Gasteiger partial charge in [-0.1, -0.05) is 55.7 Å². The van der Waals surface area contributed by atoms with Crippen LogP contribution in [0.15, 0.2) is 6.33 Å². The minimum atomic E-state index is -3.42. The van der Waals surface area contributed by atoms with Gasteiger partial charge < -0.3 is 35.1 Å². The number of alkyl halides is 2. The molecule has 0 bridgehead atoms. The van der Waals surface area contributed by atoms with Gasteiger partial charge in [-0.05, 0) is 32.6 Å². The molecule has 19 heteroatoms. The lowest BCUT2D eigenvalue weighted by molar-refractivity contribution is -0.149. The molecule has 0 spiro atoms. The molecular formula is C23H36Cl2N7O7PS2. The van der Waals surface area contributed by atoms with Crippen LogP contribution in [0.2, 0.25) is 0 Å². The van der Waals surface area contributed by atoms with Crippen LogP contribution in [0.4, 0.5) is 11.8 Å². The van der Waals surface area contributed by atoms with Crippen molar-refractivity contribution in [3.8, 4) is 0 Å². The standard InChI is InChI=1S/C23H36Cl2N7O7PS2/c1-11(2)38-18(34)12(3)31-40(41,36-7-8-42-20(35)22(4,5)6)37-9-13-15(33)23(24,25)19(39-13)32-10-28-14-16(26)29-21(27)30-17(14)32/h10-13,15,19,33H,7-9H2,1-6H3,(H,31,41)(H4,26,27,29,30)/t12-,13+,15+,19+,40-/m0/s1. The van der Waals surface area contributed by atoms with Crippen LogP contribution in [0.5, 0.6) is 0 Å². The summed E-state index contributed by atoms with van der Waals surface area (Å²) in [5, 5.41) is 13.9. The van der Waals surface area contributed by atoms with Crippen LogP contribution < -0.4 is 16.6 Å². The molecule has 1 fully saturated rings. The summed E-state index contributed by atoms with van der Waals surface area (Å²) in [5.41, 5.74) is 11.5. The predicted octanol–water partition coefficient (Wildman–Crippen LogP) is 2.92. The van der Waals surface area contributed by atoms with Gasteiger partial charge in [-0.3, -0.25) is 14.2 Å². The largest absolute Gasteiger partial charge is 0.462 e. The SMILES string of the molecule is CC(C)OC(=O)[C@H](C)N[P@](=S)(OCCSC(=O)C(C)(C)C)OC[C@H]1O[C@@H](n2cnc3c(N)nc(N)nc32)C(Cl)(Cl)[C@@H]1O. The molecule has 3 heterocycles. The van der Waals surface area contributed by atoms with Crippen molar-refractivity contribution in [3.05, 3.63) is 6.33 Å². The molecule has 6 N–H and O–H groups in total. The molecule has 0 aliphatic carbocycles. The van der Waals surface area contributed by atoms with E-state index in [4.69, 9.17) is 65.0 Å². The summed E-state index contributed by atoms with van der Waals surface area (Å²) in [6.07, 6.45) is -2.76. The molecule has 14 nitrogen and oxygen atoms in total. The highest BCUT2D eigenvalue weighted by Gasteiger charge is 2.56. The third-order valence-corrected chi connectivity index (χ3v) is 10.5. The average molecular weight is 689 g/mol. The van der Waals surface area contributed by atoms with Crippen molar-refractivity contribution < 1.29 is 33.2 Å². The molecule has 236 valence electrons. The number of ether oxygens (including phenoxy) is 2. The van der Waals surface area contributed by atoms with Crippen molar-refractivity contribution in [3.63, 3.8) is 0 Å². The number of nitrogen functional groups attached to an aromatic ring is 2. The quantitative estimate of drug-likeness (QED) is 0.110. The van der Waals surface area contributed by atoms with Gasteiger partial charge >= 0.3 is 5.97 Å². The molecular weight excluding hydrogens is 652 g/mol. The van der Waals surface area contributed by atoms with Crippen LogP contribution in [0, 0.1) is 5.41 Å². The summed E-state index contributed by atoms with van der Waals surface area (Å²) in [7, 11) is 0. The summed E-state index contributed by atoms with van der Waals surface area (Å²) in [5.74, 6) is -0.329. The third kappa shape index (κ3) is 8.43. The van der Waals surface area contributed by atoms with E-state index in [9.17, 15) is 14.7 Å². The van der Waals surface area contributed by atoms with Crippen molar-refractivity contribution >= 4 is 87.4 Å². The number of anilines is 2. The van der Waals surface area contributed by atoms with E-state index in [-0.39, 0.29) is 47.4 Å². The number of aromatic nitrogens is 4. The van der Waals surface area contributed by atoms with E-state index in [0.717, 1.165) is 11.8 Å². The zero-order chi connectivity index (χ0) is 31.6. The number of carbonyl (C=O) groups is 2. The predicted molar refractivity (Wildman–Crippen MR) is 165 cm³/mol. The smallest absolute Gasteiger partial charge is 0.323 e. The van der Waals surface area contributed by atoms with E-state index in [1.54, 1.807) is 20.8 Å². The summed E-state index contributed by atoms with van der Waals surface area (Å²) in [4.78, 5) is 37.0. The minimum absolute atomic E-state index is 0.0166. The van der Waals surface area contributed by atoms with Gasteiger partial charge in [0.15, 0.2) is 27.1 Å². The molecule has 0 amide bonds. The number of nitrogens with two attached hydrogens (primary N) is 2. The highest BCUT2D eigenvalue weighted by atomic mass is 35.5. The number of halogens is 2. The van der Waals surface area contributed by atoms with Gasteiger partial charge in [0.25, 0.3) is 6.64 Å². The highest BCUT2D eigenvalue weighted by molar-refractivity contribution is 8.13. The lowest BCUT2D eigenvalue weighted by Gasteiger charge is -2.28. The number of fused-ring (bicyclic) bond motifs is 1. The topological polar surface area (TPSA) is 199 Å². The number of aliphatic hydroxyl groups excluding tert-OH is 1. The maximum Gasteiger partial charge on any atom is 0.323 e. The Morgan fingerprint density at radius 3 is 2.57 bits per heavy atom. The molecule has 1 saturated heterocycles. The summed E-state index contributed by atoms with van der Waals surface area (Å²) < 4.78 is 22.6. The normalized spacial score (nSPS) is 22.8. The van der Waals surface area contributed by atoms with Gasteiger partial charge in [-0.2, -0.15) is 9.97 Å². The fraction of sp³-hybridized carbons (Fsp3) is 0.696. The molecule has 1 aliphatic rings. The van der Waals surface area contributed by atoms with Crippen molar-refractivity contribution in [2.24, 2.45) is 5.41 Å². The van der Waals surface area contributed by atoms with Crippen LogP contribution in [0.25, 0.3) is 11.2 Å². The number of carbonyl (C=O) groups excluding carboxylic acids is 2. The second-order valence-corrected chi connectivity index (χ2v) is 16.5. The Hall–Kier alpha value is -1.33. The van der Waals surface area contributed by atoms with Gasteiger partial charge in [0.2, 0.25) is 5.95 Å². The fourth-order valence-electron chi connectivity index (χ4n) is 3.65. The molecule has 42 heavy (non-hydrogen) atoms. The molecule has 2 aromatic rings. The Morgan fingerprint density at radius 1 is 1.29 bits per heavy atom. The Balaban J connectivity index is 1.76. The molecule has 5 atom stereocenters. The van der Waals surface area contributed by atoms with Crippen LogP contribution in [0.3, 0.4) is 0 Å². The Morgan fingerprint density at radius 2 is 1.95 bits per heavy atom. The number of imidazole rings is 1. The zero-order valence-electron chi connectivity index (χ0n) is 23.9. The Kier molecular flexibility index (Phi) is 11.5. The van der Waals surface area contributed by atoms with E-state index >= 15 is 0 Å². The van der Waals surface area contributed by atoms with Gasteiger partial charge in [-0.15, -0.1) is 0 Å². The number of hydrogen-bond acceptors (Lipinski definition) is 14. The van der Waals surface area contributed by atoms with Crippen LogP contribution in [-0.2, 0) is 39.9 Å². The molecule has 0 saturated carbocycles. The number of nitrogens with one attached hydrogen (secondary N) is 1. The van der Waals surface area contributed by atoms with E-state index in [1.807, 2.05) is 20.8 Å². The number of rotatable bonds is 12. The van der Waals surface area contributed by atoms with Crippen LogP contribution in [0.1, 0.15) is 47.8 Å². The number of aliphatic hydroxyl groups is 1. The third-order valence-electron chi connectivity index (χ3n) is 5.75. The van der Waals surface area contributed by atoms with E-state index in [0.29, 0.717) is 5.75 Å². The summed E-state index contributed by atoms with van der Waals surface area (Å²) in [6, 6.07) is -0.891. The molecule has 0 unspecified atom stereocenters. The van der Waals surface area contributed by atoms with E-state index in [2.05, 4.69) is 20.0 Å². The van der Waals surface area contributed by atoms with Gasteiger partial charge in [0.05, 0.1) is 25.6 Å². The first-order chi connectivity index (χ1) is 19.4. The van der Waals surface area contributed by atoms with E-state index in [1.165, 1.54) is 10.9 Å². The van der Waals surface area contributed by atoms with Crippen LogP contribution in [-0.4, -0.2) is 83.4 Å². The van der Waals surface area contributed by atoms with Crippen molar-refractivity contribution in [1.82, 2.24) is 24.6 Å². The van der Waals surface area contributed by atoms with E-state index < -0.39 is 46.8 Å². The second-order valence-electron chi connectivity index (χ2n) is 10.8. The molecule has 0 aromatic carbocycles. The average Bonchev–Trinajstić information content (AvgIpc) is 3.37. The Labute approximate surface area is 263 Å². The van der Waals surface area contributed by atoms with Crippen LogP contribution >= 0.6 is 41.6 Å². The first-order valence-electron chi connectivity index (χ1n) is 12.9. The molecule has 0 radical (unpaired) electrons. The number of thioether (sulfide) groups is 1. The maximum absolute atomic E-state index is 12.5. The maximum atomic E-state index is 12.5. The van der Waals surface area contributed by atoms with Gasteiger partial charge in [0.1, 0.15) is 23.8 Å². The lowest BCUT2D eigenvalue weighted by Crippen LogP contribution is -2.39. The summed E-state index contributed by atoms with van der Waals surface area (Å²) >= 11 is 19.9. The second kappa shape index (κ2) is 13.8. The first kappa shape index (κ1) is 35.2. The van der Waals surface area contributed by atoms with Crippen molar-refractivity contribution in [2.75, 3.05) is 30.4 Å². The lowest BCUT2D eigenvalue weighted by atomic mass is 10.00. The highest BCUT2D eigenvalue weighted by Crippen LogP contribution is 2.50. The number of hydrogen-bond donors (Lipinski definition) is 4. The first-order valence-corrected chi connectivity index (χ1v) is 17.2. The van der Waals surface area contributed by atoms with Crippen molar-refractivity contribution in [1.29, 1.82) is 0 Å². The monoisotopic (exact) mass is 687 g/mol. The molecule has 3 rings (SSSR count). The minimum Gasteiger partial charge on any atom is -0.462 e. The number of nitrogens with zero attached hydrogens (tertiary/aromatic N) is 4. The zero-order valence-corrected chi connectivity index (χ0v) is 28.0. The molecule has 2 aromatic heterocycles. The fourth-order valence-corrected chi connectivity index (χ4v) is 7.51.